The fourth-order valence-electron chi connectivity index (χ4n) is 3.04. The van der Waals surface area contributed by atoms with Crippen LogP contribution < -0.4 is 4.90 Å². The highest BCUT2D eigenvalue weighted by Gasteiger charge is 2.37. The lowest BCUT2D eigenvalue weighted by Crippen LogP contribution is -2.38. The second-order valence-electron chi connectivity index (χ2n) is 5.86. The molecular weight excluding hydrogens is 290 g/mol. The molecule has 122 valence electrons. The third-order valence-electron chi connectivity index (χ3n) is 4.09. The van der Waals surface area contributed by atoms with E-state index in [1.807, 2.05) is 18.7 Å². The van der Waals surface area contributed by atoms with Gasteiger partial charge in [-0.15, -0.1) is 0 Å². The lowest BCUT2D eigenvalue weighted by molar-refractivity contribution is -0.135. The summed E-state index contributed by atoms with van der Waals surface area (Å²) in [6.07, 6.45) is 2.04. The van der Waals surface area contributed by atoms with Crippen LogP contribution in [0, 0.1) is 17.2 Å². The zero-order chi connectivity index (χ0) is 16.8. The Morgan fingerprint density at radius 3 is 2.57 bits per heavy atom. The second-order valence-corrected chi connectivity index (χ2v) is 5.86. The van der Waals surface area contributed by atoms with Gasteiger partial charge in [0.25, 0.3) is 0 Å². The van der Waals surface area contributed by atoms with Gasteiger partial charge in [0.2, 0.25) is 11.8 Å². The minimum absolute atomic E-state index is 0.0546. The van der Waals surface area contributed by atoms with E-state index in [0.717, 1.165) is 25.9 Å². The van der Waals surface area contributed by atoms with Crippen molar-refractivity contribution in [1.29, 1.82) is 5.26 Å². The molecule has 5 heteroatoms. The molecule has 1 aliphatic heterocycles. The maximum absolute atomic E-state index is 12.7. The van der Waals surface area contributed by atoms with Crippen molar-refractivity contribution in [3.63, 3.8) is 0 Å². The molecule has 1 atom stereocenters. The van der Waals surface area contributed by atoms with Crippen molar-refractivity contribution in [3.8, 4) is 6.07 Å². The molecule has 0 saturated carbocycles. The maximum atomic E-state index is 12.7. The third kappa shape index (κ3) is 3.70. The monoisotopic (exact) mass is 313 g/mol. The molecule has 0 bridgehead atoms. The highest BCUT2D eigenvalue weighted by Crippen LogP contribution is 2.28. The Kier molecular flexibility index (Phi) is 5.75. The molecule has 2 amide bonds. The average Bonchev–Trinajstić information content (AvgIpc) is 2.95. The predicted octanol–water partition coefficient (Wildman–Crippen LogP) is 2.56. The quantitative estimate of drug-likeness (QED) is 0.810. The SMILES string of the molecule is CCCN(CCC)C(=O)C1CC(=O)N(c2ccccc2C#N)C1. The van der Waals surface area contributed by atoms with E-state index in [1.54, 1.807) is 29.2 Å². The Labute approximate surface area is 137 Å². The molecule has 0 N–H and O–H groups in total. The van der Waals surface area contributed by atoms with Crippen LogP contribution in [0.5, 0.6) is 0 Å². The minimum atomic E-state index is -0.313. The van der Waals surface area contributed by atoms with Crippen LogP contribution in [0.3, 0.4) is 0 Å². The van der Waals surface area contributed by atoms with Gasteiger partial charge >= 0.3 is 0 Å². The average molecular weight is 313 g/mol. The summed E-state index contributed by atoms with van der Waals surface area (Å²) in [5.74, 6) is -0.342. The summed E-state index contributed by atoms with van der Waals surface area (Å²) in [6.45, 7) is 5.91. The lowest BCUT2D eigenvalue weighted by atomic mass is 10.1. The molecule has 1 aromatic rings. The molecule has 0 aliphatic carbocycles. The van der Waals surface area contributed by atoms with Crippen molar-refractivity contribution in [2.24, 2.45) is 5.92 Å². The minimum Gasteiger partial charge on any atom is -0.342 e. The second kappa shape index (κ2) is 7.77. The van der Waals surface area contributed by atoms with Gasteiger partial charge in [-0.1, -0.05) is 26.0 Å². The normalized spacial score (nSPS) is 17.2. The van der Waals surface area contributed by atoms with E-state index in [4.69, 9.17) is 0 Å². The van der Waals surface area contributed by atoms with Crippen LogP contribution in [0.2, 0.25) is 0 Å². The van der Waals surface area contributed by atoms with E-state index >= 15 is 0 Å². The van der Waals surface area contributed by atoms with Gasteiger partial charge in [-0.3, -0.25) is 9.59 Å². The summed E-state index contributed by atoms with van der Waals surface area (Å²) in [6, 6.07) is 9.14. The molecule has 1 aromatic carbocycles. The predicted molar refractivity (Wildman–Crippen MR) is 88.8 cm³/mol. The van der Waals surface area contributed by atoms with Crippen LogP contribution in [0.4, 0.5) is 5.69 Å². The fourth-order valence-corrected chi connectivity index (χ4v) is 3.04. The number of benzene rings is 1. The molecule has 1 fully saturated rings. The summed E-state index contributed by atoms with van der Waals surface area (Å²) in [5, 5.41) is 9.21. The molecule has 0 spiro atoms. The van der Waals surface area contributed by atoms with E-state index in [1.165, 1.54) is 0 Å². The molecule has 1 aliphatic rings. The third-order valence-corrected chi connectivity index (χ3v) is 4.09. The van der Waals surface area contributed by atoms with Gasteiger partial charge < -0.3 is 9.80 Å². The topological polar surface area (TPSA) is 64.4 Å². The number of amides is 2. The van der Waals surface area contributed by atoms with E-state index < -0.39 is 0 Å². The first-order valence-electron chi connectivity index (χ1n) is 8.20. The molecule has 5 nitrogen and oxygen atoms in total. The highest BCUT2D eigenvalue weighted by atomic mass is 16.2. The van der Waals surface area contributed by atoms with Crippen LogP contribution in [0.25, 0.3) is 0 Å². The molecule has 0 aromatic heterocycles. The summed E-state index contributed by atoms with van der Waals surface area (Å²) >= 11 is 0. The Morgan fingerprint density at radius 1 is 1.30 bits per heavy atom. The lowest BCUT2D eigenvalue weighted by Gasteiger charge is -2.25. The van der Waals surface area contributed by atoms with Gasteiger partial charge in [-0.05, 0) is 25.0 Å². The van der Waals surface area contributed by atoms with Gasteiger partial charge in [-0.25, -0.2) is 0 Å². The van der Waals surface area contributed by atoms with Gasteiger partial charge in [0.05, 0.1) is 17.2 Å². The van der Waals surface area contributed by atoms with Crippen molar-refractivity contribution in [1.82, 2.24) is 4.90 Å². The van der Waals surface area contributed by atoms with Crippen molar-refractivity contribution < 1.29 is 9.59 Å². The number of anilines is 1. The molecule has 0 radical (unpaired) electrons. The van der Waals surface area contributed by atoms with Crippen LogP contribution in [0.15, 0.2) is 24.3 Å². The zero-order valence-electron chi connectivity index (χ0n) is 13.8. The van der Waals surface area contributed by atoms with E-state index in [-0.39, 0.29) is 24.2 Å². The molecular formula is C18H23N3O2. The highest BCUT2D eigenvalue weighted by molar-refractivity contribution is 6.01. The van der Waals surface area contributed by atoms with Gasteiger partial charge in [0, 0.05) is 26.1 Å². The van der Waals surface area contributed by atoms with Crippen molar-refractivity contribution >= 4 is 17.5 Å². The van der Waals surface area contributed by atoms with Gasteiger partial charge in [0.15, 0.2) is 0 Å². The van der Waals surface area contributed by atoms with Crippen molar-refractivity contribution in [2.75, 3.05) is 24.5 Å². The van der Waals surface area contributed by atoms with Crippen LogP contribution in [0.1, 0.15) is 38.7 Å². The van der Waals surface area contributed by atoms with Crippen LogP contribution in [-0.2, 0) is 9.59 Å². The van der Waals surface area contributed by atoms with Crippen molar-refractivity contribution in [2.45, 2.75) is 33.1 Å². The van der Waals surface area contributed by atoms with Crippen molar-refractivity contribution in [3.05, 3.63) is 29.8 Å². The number of nitrogens with zero attached hydrogens (tertiary/aromatic N) is 3. The van der Waals surface area contributed by atoms with E-state index in [9.17, 15) is 14.9 Å². The number of carbonyl (C=O) groups excluding carboxylic acids is 2. The zero-order valence-corrected chi connectivity index (χ0v) is 13.8. The summed E-state index contributed by atoms with van der Waals surface area (Å²) in [4.78, 5) is 28.5. The molecule has 1 heterocycles. The fraction of sp³-hybridized carbons (Fsp3) is 0.500. The number of para-hydroxylation sites is 1. The Balaban J connectivity index is 2.16. The van der Waals surface area contributed by atoms with E-state index in [2.05, 4.69) is 6.07 Å². The first-order valence-corrected chi connectivity index (χ1v) is 8.20. The van der Waals surface area contributed by atoms with Crippen LogP contribution in [-0.4, -0.2) is 36.3 Å². The Morgan fingerprint density at radius 2 is 1.96 bits per heavy atom. The number of hydrogen-bond acceptors (Lipinski definition) is 3. The van der Waals surface area contributed by atoms with E-state index in [0.29, 0.717) is 17.8 Å². The van der Waals surface area contributed by atoms with Gasteiger partial charge in [0.1, 0.15) is 6.07 Å². The largest absolute Gasteiger partial charge is 0.342 e. The number of carbonyl (C=O) groups is 2. The Hall–Kier alpha value is -2.35. The molecule has 1 unspecified atom stereocenters. The van der Waals surface area contributed by atoms with Gasteiger partial charge in [-0.2, -0.15) is 5.26 Å². The summed E-state index contributed by atoms with van der Waals surface area (Å²) < 4.78 is 0. The Bertz CT molecular complexity index is 615. The molecule has 2 rings (SSSR count). The first kappa shape index (κ1) is 17.0. The summed E-state index contributed by atoms with van der Waals surface area (Å²) in [5.41, 5.74) is 1.07. The molecule has 23 heavy (non-hydrogen) atoms. The summed E-state index contributed by atoms with van der Waals surface area (Å²) in [7, 11) is 0. The smallest absolute Gasteiger partial charge is 0.228 e. The number of rotatable bonds is 6. The standard InChI is InChI=1S/C18H23N3O2/c1-3-9-20(10-4-2)18(23)15-11-17(22)21(13-15)16-8-6-5-7-14(16)12-19/h5-8,15H,3-4,9-11,13H2,1-2H3. The first-order chi connectivity index (χ1) is 11.1. The van der Waals surface area contributed by atoms with Crippen LogP contribution >= 0.6 is 0 Å². The maximum Gasteiger partial charge on any atom is 0.228 e. The number of nitriles is 1. The number of hydrogen-bond donors (Lipinski definition) is 0. The molecule has 1 saturated heterocycles.